The molecule has 0 saturated carbocycles. The van der Waals surface area contributed by atoms with Gasteiger partial charge in [0.05, 0.1) is 0 Å². The van der Waals surface area contributed by atoms with E-state index in [9.17, 15) is 4.79 Å². The average Bonchev–Trinajstić information content (AvgIpc) is 2.90. The normalized spacial score (nSPS) is 10.7. The molecule has 2 rings (SSSR count). The molecular weight excluding hydrogens is 244 g/mol. The summed E-state index contributed by atoms with van der Waals surface area (Å²) >= 11 is 1.52. The Hall–Kier alpha value is -2.38. The number of hydrogen-bond acceptors (Lipinski definition) is 3. The van der Waals surface area contributed by atoms with E-state index in [1.54, 1.807) is 18.2 Å². The fraction of sp³-hybridized carbons (Fsp3) is 0. The third-order valence-electron chi connectivity index (χ3n) is 2.25. The van der Waals surface area contributed by atoms with E-state index in [2.05, 4.69) is 5.32 Å². The Kier molecular flexibility index (Phi) is 3.90. The summed E-state index contributed by atoms with van der Waals surface area (Å²) in [4.78, 5) is 11.9. The molecule has 1 aromatic heterocycles. The lowest BCUT2D eigenvalue weighted by Crippen LogP contribution is -2.13. The van der Waals surface area contributed by atoms with E-state index < -0.39 is 5.91 Å². The molecule has 0 aliphatic rings. The van der Waals surface area contributed by atoms with Crippen LogP contribution in [0.4, 0.5) is 5.69 Å². The number of thiophene rings is 1. The Morgan fingerprint density at radius 2 is 2.06 bits per heavy atom. The third kappa shape index (κ3) is 3.06. The summed E-state index contributed by atoms with van der Waals surface area (Å²) in [5, 5.41) is 15.5. The van der Waals surface area contributed by atoms with Gasteiger partial charge < -0.3 is 5.32 Å². The molecule has 1 N–H and O–H groups in total. The van der Waals surface area contributed by atoms with E-state index in [-0.39, 0.29) is 5.57 Å². The van der Waals surface area contributed by atoms with E-state index >= 15 is 0 Å². The van der Waals surface area contributed by atoms with Crippen molar-refractivity contribution < 1.29 is 4.79 Å². The summed E-state index contributed by atoms with van der Waals surface area (Å²) in [5.41, 5.74) is 1.63. The molecule has 18 heavy (non-hydrogen) atoms. The van der Waals surface area contributed by atoms with Crippen molar-refractivity contribution in [2.24, 2.45) is 0 Å². The molecule has 0 radical (unpaired) electrons. The Balaban J connectivity index is 2.15. The van der Waals surface area contributed by atoms with E-state index in [0.29, 0.717) is 5.69 Å². The van der Waals surface area contributed by atoms with Crippen LogP contribution in [0, 0.1) is 11.3 Å². The lowest BCUT2D eigenvalue weighted by atomic mass is 10.2. The van der Waals surface area contributed by atoms with Gasteiger partial charge in [0.1, 0.15) is 11.6 Å². The van der Waals surface area contributed by atoms with Gasteiger partial charge in [0.25, 0.3) is 5.91 Å². The van der Waals surface area contributed by atoms with Crippen molar-refractivity contribution in [2.45, 2.75) is 0 Å². The van der Waals surface area contributed by atoms with Crippen molar-refractivity contribution in [3.63, 3.8) is 0 Å². The standard InChI is InChI=1S/C14H10N2OS/c15-9-12(8-11-6-7-18-10-11)14(17)16-13-4-2-1-3-5-13/h1-8,10H,(H,16,17). The highest BCUT2D eigenvalue weighted by Gasteiger charge is 2.09. The summed E-state index contributed by atoms with van der Waals surface area (Å²) < 4.78 is 0. The van der Waals surface area contributed by atoms with Gasteiger partial charge in [0.2, 0.25) is 0 Å². The second-order valence-corrected chi connectivity index (χ2v) is 4.33. The number of carbonyl (C=O) groups is 1. The maximum atomic E-state index is 11.9. The van der Waals surface area contributed by atoms with Crippen LogP contribution in [-0.4, -0.2) is 5.91 Å². The summed E-state index contributed by atoms with van der Waals surface area (Å²) in [7, 11) is 0. The Labute approximate surface area is 109 Å². The predicted octanol–water partition coefficient (Wildman–Crippen LogP) is 3.29. The maximum Gasteiger partial charge on any atom is 0.266 e. The first-order valence-corrected chi connectivity index (χ1v) is 6.24. The van der Waals surface area contributed by atoms with Crippen molar-refractivity contribution >= 4 is 29.0 Å². The highest BCUT2D eigenvalue weighted by molar-refractivity contribution is 7.08. The minimum atomic E-state index is -0.394. The number of hydrogen-bond donors (Lipinski definition) is 1. The molecule has 0 bridgehead atoms. The number of nitrogens with one attached hydrogen (secondary N) is 1. The number of rotatable bonds is 3. The summed E-state index contributed by atoms with van der Waals surface area (Å²) in [6.07, 6.45) is 1.58. The van der Waals surface area contributed by atoms with Crippen LogP contribution in [-0.2, 0) is 4.79 Å². The monoisotopic (exact) mass is 254 g/mol. The first kappa shape index (κ1) is 12.1. The number of carbonyl (C=O) groups excluding carboxylic acids is 1. The maximum absolute atomic E-state index is 11.9. The number of nitriles is 1. The van der Waals surface area contributed by atoms with Crippen molar-refractivity contribution in [2.75, 3.05) is 5.32 Å². The molecule has 0 aliphatic carbocycles. The van der Waals surface area contributed by atoms with Gasteiger partial charge in [-0.05, 0) is 40.6 Å². The lowest BCUT2D eigenvalue weighted by molar-refractivity contribution is -0.112. The van der Waals surface area contributed by atoms with E-state index in [1.165, 1.54) is 11.3 Å². The SMILES string of the molecule is N#CC(=Cc1ccsc1)C(=O)Nc1ccccc1. The molecule has 0 spiro atoms. The molecule has 1 amide bonds. The third-order valence-corrected chi connectivity index (χ3v) is 2.95. The highest BCUT2D eigenvalue weighted by Crippen LogP contribution is 2.13. The smallest absolute Gasteiger partial charge is 0.266 e. The zero-order valence-corrected chi connectivity index (χ0v) is 10.3. The van der Waals surface area contributed by atoms with Gasteiger partial charge in [-0.25, -0.2) is 0 Å². The fourth-order valence-electron chi connectivity index (χ4n) is 1.39. The number of amides is 1. The first-order chi connectivity index (χ1) is 8.79. The summed E-state index contributed by atoms with van der Waals surface area (Å²) in [6.45, 7) is 0. The molecule has 0 atom stereocenters. The molecule has 1 heterocycles. The Morgan fingerprint density at radius 1 is 1.28 bits per heavy atom. The number of benzene rings is 1. The van der Waals surface area contributed by atoms with Gasteiger partial charge in [0, 0.05) is 5.69 Å². The van der Waals surface area contributed by atoms with Crippen molar-refractivity contribution in [3.05, 3.63) is 58.3 Å². The van der Waals surface area contributed by atoms with Crippen LogP contribution < -0.4 is 5.32 Å². The number of para-hydroxylation sites is 1. The van der Waals surface area contributed by atoms with Gasteiger partial charge in [0.15, 0.2) is 0 Å². The van der Waals surface area contributed by atoms with Crippen LogP contribution in [0.15, 0.2) is 52.7 Å². The van der Waals surface area contributed by atoms with Crippen LogP contribution in [0.1, 0.15) is 5.56 Å². The second-order valence-electron chi connectivity index (χ2n) is 3.55. The first-order valence-electron chi connectivity index (χ1n) is 5.30. The molecule has 2 aromatic rings. The highest BCUT2D eigenvalue weighted by atomic mass is 32.1. The fourth-order valence-corrected chi connectivity index (χ4v) is 2.01. The van der Waals surface area contributed by atoms with Crippen LogP contribution >= 0.6 is 11.3 Å². The second kappa shape index (κ2) is 5.80. The zero-order valence-electron chi connectivity index (χ0n) is 9.46. The van der Waals surface area contributed by atoms with Crippen LogP contribution in [0.25, 0.3) is 6.08 Å². The molecule has 0 fully saturated rings. The van der Waals surface area contributed by atoms with Gasteiger partial charge in [-0.2, -0.15) is 16.6 Å². The van der Waals surface area contributed by atoms with Gasteiger partial charge >= 0.3 is 0 Å². The van der Waals surface area contributed by atoms with E-state index in [4.69, 9.17) is 5.26 Å². The minimum absolute atomic E-state index is 0.0947. The molecule has 3 nitrogen and oxygen atoms in total. The molecular formula is C14H10N2OS. The minimum Gasteiger partial charge on any atom is -0.321 e. The molecule has 88 valence electrons. The molecule has 0 aliphatic heterocycles. The van der Waals surface area contributed by atoms with E-state index in [1.807, 2.05) is 41.1 Å². The zero-order chi connectivity index (χ0) is 12.8. The Morgan fingerprint density at radius 3 is 2.67 bits per heavy atom. The van der Waals surface area contributed by atoms with Crippen molar-refractivity contribution in [3.8, 4) is 6.07 Å². The number of anilines is 1. The van der Waals surface area contributed by atoms with Crippen LogP contribution in [0.2, 0.25) is 0 Å². The summed E-state index contributed by atoms with van der Waals surface area (Å²) in [6, 6.07) is 12.8. The van der Waals surface area contributed by atoms with Gasteiger partial charge in [-0.15, -0.1) is 0 Å². The van der Waals surface area contributed by atoms with Gasteiger partial charge in [-0.1, -0.05) is 18.2 Å². The Bertz CT molecular complexity index is 594. The predicted molar refractivity (Wildman–Crippen MR) is 73.0 cm³/mol. The molecule has 1 aromatic carbocycles. The average molecular weight is 254 g/mol. The quantitative estimate of drug-likeness (QED) is 0.675. The van der Waals surface area contributed by atoms with Crippen LogP contribution in [0.5, 0.6) is 0 Å². The lowest BCUT2D eigenvalue weighted by Gasteiger charge is -2.03. The largest absolute Gasteiger partial charge is 0.321 e. The van der Waals surface area contributed by atoms with Crippen LogP contribution in [0.3, 0.4) is 0 Å². The molecule has 0 saturated heterocycles. The van der Waals surface area contributed by atoms with E-state index in [0.717, 1.165) is 5.56 Å². The van der Waals surface area contributed by atoms with Gasteiger partial charge in [-0.3, -0.25) is 4.79 Å². The molecule has 4 heteroatoms. The van der Waals surface area contributed by atoms with Crippen molar-refractivity contribution in [1.82, 2.24) is 0 Å². The molecule has 0 unspecified atom stereocenters. The summed E-state index contributed by atoms with van der Waals surface area (Å²) in [5.74, 6) is -0.394. The topological polar surface area (TPSA) is 52.9 Å². The van der Waals surface area contributed by atoms with Crippen molar-refractivity contribution in [1.29, 1.82) is 5.26 Å². The number of nitrogens with zero attached hydrogens (tertiary/aromatic N) is 1.